The van der Waals surface area contributed by atoms with Crippen molar-refractivity contribution in [2.75, 3.05) is 32.1 Å². The molecule has 0 radical (unpaired) electrons. The van der Waals surface area contributed by atoms with E-state index in [2.05, 4.69) is 15.3 Å². The van der Waals surface area contributed by atoms with Crippen LogP contribution in [0.3, 0.4) is 0 Å². The quantitative estimate of drug-likeness (QED) is 0.891. The smallest absolute Gasteiger partial charge is 0.229 e. The van der Waals surface area contributed by atoms with E-state index < -0.39 is 0 Å². The van der Waals surface area contributed by atoms with Gasteiger partial charge < -0.3 is 19.7 Å². The summed E-state index contributed by atoms with van der Waals surface area (Å²) < 4.78 is 11.1. The molecular formula is C20H24N4O3. The van der Waals surface area contributed by atoms with Crippen LogP contribution < -0.4 is 14.8 Å². The van der Waals surface area contributed by atoms with Crippen molar-refractivity contribution in [1.29, 1.82) is 0 Å². The van der Waals surface area contributed by atoms with Gasteiger partial charge in [-0.25, -0.2) is 9.97 Å². The zero-order valence-corrected chi connectivity index (χ0v) is 15.4. The number of nitrogens with zero attached hydrogens (tertiary/aromatic N) is 3. The molecule has 1 aromatic heterocycles. The Morgan fingerprint density at radius 2 is 2.04 bits per heavy atom. The van der Waals surface area contributed by atoms with Crippen molar-refractivity contribution < 1.29 is 14.3 Å². The molecule has 142 valence electrons. The second-order valence-electron chi connectivity index (χ2n) is 7.00. The Hall–Kier alpha value is -2.83. The van der Waals surface area contributed by atoms with Gasteiger partial charge in [0.25, 0.3) is 0 Å². The summed E-state index contributed by atoms with van der Waals surface area (Å²) in [6.07, 6.45) is 5.93. The molecule has 7 nitrogen and oxygen atoms in total. The van der Waals surface area contributed by atoms with Crippen LogP contribution in [-0.2, 0) is 11.2 Å². The number of piperidine rings is 1. The molecule has 0 saturated carbocycles. The summed E-state index contributed by atoms with van der Waals surface area (Å²) >= 11 is 0. The van der Waals surface area contributed by atoms with Gasteiger partial charge in [0, 0.05) is 31.5 Å². The van der Waals surface area contributed by atoms with Gasteiger partial charge in [-0.3, -0.25) is 4.79 Å². The highest BCUT2D eigenvalue weighted by Gasteiger charge is 2.32. The van der Waals surface area contributed by atoms with E-state index in [1.165, 1.54) is 0 Å². The van der Waals surface area contributed by atoms with E-state index in [1.807, 2.05) is 23.1 Å². The minimum atomic E-state index is -0.133. The van der Waals surface area contributed by atoms with Gasteiger partial charge in [0.05, 0.1) is 13.0 Å². The number of fused-ring (bicyclic) bond motifs is 1. The Morgan fingerprint density at radius 3 is 2.78 bits per heavy atom. The Kier molecular flexibility index (Phi) is 5.09. The monoisotopic (exact) mass is 368 g/mol. The van der Waals surface area contributed by atoms with Crippen LogP contribution in [0.1, 0.15) is 18.4 Å². The number of hydrogen-bond donors (Lipinski definition) is 1. The third-order valence-electron chi connectivity index (χ3n) is 5.23. The number of nitrogens with one attached hydrogen (secondary N) is 1. The van der Waals surface area contributed by atoms with Gasteiger partial charge in [-0.2, -0.15) is 0 Å². The summed E-state index contributed by atoms with van der Waals surface area (Å²) in [5, 5.41) is 3.35. The maximum Gasteiger partial charge on any atom is 0.229 e. The maximum absolute atomic E-state index is 13.0. The zero-order valence-electron chi connectivity index (χ0n) is 15.4. The Balaban J connectivity index is 1.33. The highest BCUT2D eigenvalue weighted by molar-refractivity contribution is 5.80. The molecule has 27 heavy (non-hydrogen) atoms. The summed E-state index contributed by atoms with van der Waals surface area (Å²) in [7, 11) is 1.65. The molecule has 2 aliphatic rings. The largest absolute Gasteiger partial charge is 0.497 e. The van der Waals surface area contributed by atoms with Crippen LogP contribution in [0.2, 0.25) is 0 Å². The molecule has 4 rings (SSSR count). The van der Waals surface area contributed by atoms with Crippen LogP contribution in [0.15, 0.2) is 36.7 Å². The SMILES string of the molecule is COc1ccc2c(c1)CC(C(=O)N1CCC(Nc3ncccn3)CC1)CO2. The molecule has 7 heteroatoms. The third kappa shape index (κ3) is 3.97. The number of likely N-dealkylation sites (tertiary alicyclic amines) is 1. The Morgan fingerprint density at radius 1 is 1.26 bits per heavy atom. The lowest BCUT2D eigenvalue weighted by molar-refractivity contribution is -0.137. The molecule has 1 N–H and O–H groups in total. The fraction of sp³-hybridized carbons (Fsp3) is 0.450. The number of hydrogen-bond acceptors (Lipinski definition) is 6. The van der Waals surface area contributed by atoms with Crippen molar-refractivity contribution in [2.24, 2.45) is 5.92 Å². The molecule has 0 bridgehead atoms. The number of carbonyl (C=O) groups is 1. The van der Waals surface area contributed by atoms with Gasteiger partial charge in [-0.05, 0) is 49.1 Å². The molecule has 1 amide bonds. The van der Waals surface area contributed by atoms with Crippen molar-refractivity contribution >= 4 is 11.9 Å². The minimum absolute atomic E-state index is 0.133. The molecular weight excluding hydrogens is 344 g/mol. The van der Waals surface area contributed by atoms with Crippen molar-refractivity contribution in [1.82, 2.24) is 14.9 Å². The standard InChI is InChI=1S/C20H24N4O3/c1-26-17-3-4-18-14(12-17)11-15(13-27-18)19(25)24-9-5-16(6-10-24)23-20-21-7-2-8-22-20/h2-4,7-8,12,15-16H,5-6,9-11,13H2,1H3,(H,21,22,23). The first kappa shape index (κ1) is 17.6. The lowest BCUT2D eigenvalue weighted by Gasteiger charge is -2.35. The zero-order chi connectivity index (χ0) is 18.6. The lowest BCUT2D eigenvalue weighted by Crippen LogP contribution is -2.47. The van der Waals surface area contributed by atoms with Crippen molar-refractivity contribution in [2.45, 2.75) is 25.3 Å². The van der Waals surface area contributed by atoms with Gasteiger partial charge >= 0.3 is 0 Å². The first-order chi connectivity index (χ1) is 13.2. The summed E-state index contributed by atoms with van der Waals surface area (Å²) in [5.41, 5.74) is 1.04. The van der Waals surface area contributed by atoms with Crippen molar-refractivity contribution in [3.63, 3.8) is 0 Å². The predicted molar refractivity (Wildman–Crippen MR) is 101 cm³/mol. The van der Waals surface area contributed by atoms with Crippen LogP contribution in [0, 0.1) is 5.92 Å². The lowest BCUT2D eigenvalue weighted by atomic mass is 9.94. The number of rotatable bonds is 4. The highest BCUT2D eigenvalue weighted by atomic mass is 16.5. The van der Waals surface area contributed by atoms with E-state index in [-0.39, 0.29) is 11.8 Å². The van der Waals surface area contributed by atoms with E-state index in [4.69, 9.17) is 9.47 Å². The molecule has 3 heterocycles. The number of amides is 1. The average Bonchev–Trinajstić information content (AvgIpc) is 2.73. The first-order valence-corrected chi connectivity index (χ1v) is 9.35. The maximum atomic E-state index is 13.0. The minimum Gasteiger partial charge on any atom is -0.497 e. The Labute approximate surface area is 158 Å². The average molecular weight is 368 g/mol. The van der Waals surface area contributed by atoms with E-state index in [1.54, 1.807) is 25.6 Å². The second-order valence-corrected chi connectivity index (χ2v) is 7.00. The summed E-state index contributed by atoms with van der Waals surface area (Å²) in [5.74, 6) is 2.34. The van der Waals surface area contributed by atoms with Crippen LogP contribution in [0.4, 0.5) is 5.95 Å². The predicted octanol–water partition coefficient (Wildman–Crippen LogP) is 2.14. The molecule has 0 spiro atoms. The molecule has 2 aromatic rings. The normalized spacial score (nSPS) is 19.7. The van der Waals surface area contributed by atoms with E-state index >= 15 is 0 Å². The van der Waals surface area contributed by atoms with Crippen molar-refractivity contribution in [3.8, 4) is 11.5 Å². The van der Waals surface area contributed by atoms with Gasteiger partial charge in [0.1, 0.15) is 18.1 Å². The van der Waals surface area contributed by atoms with Gasteiger partial charge in [-0.15, -0.1) is 0 Å². The number of carbonyl (C=O) groups excluding carboxylic acids is 1. The van der Waals surface area contributed by atoms with Gasteiger partial charge in [0.2, 0.25) is 11.9 Å². The molecule has 1 aromatic carbocycles. The fourth-order valence-corrected chi connectivity index (χ4v) is 3.72. The molecule has 2 aliphatic heterocycles. The third-order valence-corrected chi connectivity index (χ3v) is 5.23. The van der Waals surface area contributed by atoms with Crippen LogP contribution >= 0.6 is 0 Å². The summed E-state index contributed by atoms with van der Waals surface area (Å²) in [6.45, 7) is 1.92. The molecule has 1 fully saturated rings. The second kappa shape index (κ2) is 7.82. The number of benzene rings is 1. The molecule has 1 saturated heterocycles. The molecule has 1 atom stereocenters. The summed E-state index contributed by atoms with van der Waals surface area (Å²) in [6, 6.07) is 7.86. The van der Waals surface area contributed by atoms with E-state index in [0.29, 0.717) is 25.0 Å². The van der Waals surface area contributed by atoms with Gasteiger partial charge in [-0.1, -0.05) is 0 Å². The number of aromatic nitrogens is 2. The topological polar surface area (TPSA) is 76.6 Å². The number of ether oxygens (including phenoxy) is 2. The van der Waals surface area contributed by atoms with E-state index in [9.17, 15) is 4.79 Å². The number of anilines is 1. The van der Waals surface area contributed by atoms with Gasteiger partial charge in [0.15, 0.2) is 0 Å². The summed E-state index contributed by atoms with van der Waals surface area (Å²) in [4.78, 5) is 23.3. The van der Waals surface area contributed by atoms with Crippen LogP contribution in [0.5, 0.6) is 11.5 Å². The van der Waals surface area contributed by atoms with E-state index in [0.717, 1.165) is 43.0 Å². The van der Waals surface area contributed by atoms with Crippen LogP contribution in [0.25, 0.3) is 0 Å². The molecule has 0 aliphatic carbocycles. The Bertz CT molecular complexity index is 791. The molecule has 1 unspecified atom stereocenters. The highest BCUT2D eigenvalue weighted by Crippen LogP contribution is 2.31. The van der Waals surface area contributed by atoms with Crippen LogP contribution in [-0.4, -0.2) is 53.6 Å². The first-order valence-electron chi connectivity index (χ1n) is 9.35. The number of methoxy groups -OCH3 is 1. The van der Waals surface area contributed by atoms with Crippen molar-refractivity contribution in [3.05, 3.63) is 42.2 Å². The fourth-order valence-electron chi connectivity index (χ4n) is 3.72.